The maximum absolute atomic E-state index is 11.9. The Morgan fingerprint density at radius 2 is 2.25 bits per heavy atom. The monoisotopic (exact) mass is 224 g/mol. The molecule has 0 aromatic heterocycles. The maximum atomic E-state index is 11.9. The van der Waals surface area contributed by atoms with E-state index in [-0.39, 0.29) is 18.5 Å². The second kappa shape index (κ2) is 4.65. The van der Waals surface area contributed by atoms with Crippen molar-refractivity contribution in [2.24, 2.45) is 0 Å². The van der Waals surface area contributed by atoms with Crippen LogP contribution < -0.4 is 5.32 Å². The van der Waals surface area contributed by atoms with E-state index in [1.807, 2.05) is 12.2 Å². The smallest absolute Gasteiger partial charge is 0.326 e. The van der Waals surface area contributed by atoms with Crippen LogP contribution >= 0.6 is 0 Å². The molecule has 0 bridgehead atoms. The third kappa shape index (κ3) is 2.09. The standard InChI is InChI=1S/C11H16N2O3/c14-10-7-12-6-2-1-3-8-4-5-9(11(15)16)13(8)10/h1-2,8-9,12H,3-7H2,(H,15,16)/b2-1-/t8-,9-/m0/s1. The number of amides is 1. The number of rotatable bonds is 1. The van der Waals surface area contributed by atoms with Crippen molar-refractivity contribution in [3.8, 4) is 0 Å². The van der Waals surface area contributed by atoms with E-state index in [1.165, 1.54) is 0 Å². The molecule has 2 heterocycles. The van der Waals surface area contributed by atoms with Gasteiger partial charge in [0.25, 0.3) is 0 Å². The minimum Gasteiger partial charge on any atom is -0.480 e. The average Bonchev–Trinajstić information content (AvgIpc) is 2.67. The second-order valence-corrected chi connectivity index (χ2v) is 4.22. The maximum Gasteiger partial charge on any atom is 0.326 e. The summed E-state index contributed by atoms with van der Waals surface area (Å²) in [7, 11) is 0. The Hall–Kier alpha value is -1.36. The molecule has 2 aliphatic rings. The Labute approximate surface area is 94.1 Å². The minimum absolute atomic E-state index is 0.0600. The van der Waals surface area contributed by atoms with E-state index < -0.39 is 12.0 Å². The molecule has 5 heteroatoms. The molecule has 0 unspecified atom stereocenters. The SMILES string of the molecule is O=C(O)[C@@H]1CC[C@@H]2C/C=C\CNCC(=O)N21. The van der Waals surface area contributed by atoms with Gasteiger partial charge in [-0.05, 0) is 19.3 Å². The topological polar surface area (TPSA) is 69.6 Å². The highest BCUT2D eigenvalue weighted by Crippen LogP contribution is 2.27. The molecule has 2 atom stereocenters. The summed E-state index contributed by atoms with van der Waals surface area (Å²) in [4.78, 5) is 24.5. The lowest BCUT2D eigenvalue weighted by Crippen LogP contribution is -2.47. The molecule has 16 heavy (non-hydrogen) atoms. The molecule has 0 spiro atoms. The summed E-state index contributed by atoms with van der Waals surface area (Å²) >= 11 is 0. The highest BCUT2D eigenvalue weighted by atomic mass is 16.4. The number of carboxylic acids is 1. The van der Waals surface area contributed by atoms with Gasteiger partial charge < -0.3 is 15.3 Å². The van der Waals surface area contributed by atoms with E-state index in [0.717, 1.165) is 12.8 Å². The van der Waals surface area contributed by atoms with Crippen LogP contribution in [-0.2, 0) is 9.59 Å². The summed E-state index contributed by atoms with van der Waals surface area (Å²) < 4.78 is 0. The van der Waals surface area contributed by atoms with Gasteiger partial charge in [-0.2, -0.15) is 0 Å². The lowest BCUT2D eigenvalue weighted by molar-refractivity contribution is -0.149. The first-order valence-electron chi connectivity index (χ1n) is 5.60. The summed E-state index contributed by atoms with van der Waals surface area (Å²) in [5, 5.41) is 12.0. The predicted octanol–water partition coefficient (Wildman–Crippen LogP) is -0.0199. The van der Waals surface area contributed by atoms with Crippen LogP contribution in [0, 0.1) is 0 Å². The van der Waals surface area contributed by atoms with Gasteiger partial charge in [-0.3, -0.25) is 4.79 Å². The molecule has 2 aliphatic heterocycles. The summed E-state index contributed by atoms with van der Waals surface area (Å²) in [5.74, 6) is -0.988. The lowest BCUT2D eigenvalue weighted by Gasteiger charge is -2.27. The Balaban J connectivity index is 2.18. The number of hydrogen-bond acceptors (Lipinski definition) is 3. The molecule has 0 radical (unpaired) electrons. The minimum atomic E-state index is -0.890. The highest BCUT2D eigenvalue weighted by Gasteiger charge is 2.40. The number of carboxylic acid groups (broad SMARTS) is 1. The van der Waals surface area contributed by atoms with Crippen molar-refractivity contribution in [1.82, 2.24) is 10.2 Å². The van der Waals surface area contributed by atoms with Gasteiger partial charge >= 0.3 is 5.97 Å². The molecule has 0 saturated carbocycles. The number of carbonyl (C=O) groups is 2. The molecule has 88 valence electrons. The van der Waals surface area contributed by atoms with E-state index in [2.05, 4.69) is 5.32 Å². The summed E-state index contributed by atoms with van der Waals surface area (Å²) in [6.45, 7) is 0.897. The largest absolute Gasteiger partial charge is 0.480 e. The molecule has 0 aromatic rings. The van der Waals surface area contributed by atoms with E-state index in [4.69, 9.17) is 5.11 Å². The Bertz CT molecular complexity index is 327. The first-order valence-corrected chi connectivity index (χ1v) is 5.60. The predicted molar refractivity (Wildman–Crippen MR) is 57.9 cm³/mol. The van der Waals surface area contributed by atoms with Crippen molar-refractivity contribution in [2.45, 2.75) is 31.3 Å². The molecule has 0 aromatic carbocycles. The van der Waals surface area contributed by atoms with Gasteiger partial charge in [0.15, 0.2) is 0 Å². The first kappa shape index (κ1) is 11.1. The fourth-order valence-corrected chi connectivity index (χ4v) is 2.42. The quantitative estimate of drug-likeness (QED) is 0.614. The van der Waals surface area contributed by atoms with Crippen molar-refractivity contribution in [3.63, 3.8) is 0 Å². The van der Waals surface area contributed by atoms with Crippen LogP contribution in [0.3, 0.4) is 0 Å². The van der Waals surface area contributed by atoms with Gasteiger partial charge in [-0.25, -0.2) is 4.79 Å². The molecule has 1 amide bonds. The molecule has 1 fully saturated rings. The zero-order valence-electron chi connectivity index (χ0n) is 9.06. The number of hydrogen-bond donors (Lipinski definition) is 2. The van der Waals surface area contributed by atoms with Gasteiger partial charge in [0.1, 0.15) is 6.04 Å². The average molecular weight is 224 g/mol. The van der Waals surface area contributed by atoms with Crippen LogP contribution in [0.15, 0.2) is 12.2 Å². The molecule has 2 rings (SSSR count). The normalized spacial score (nSPS) is 32.5. The number of carbonyl (C=O) groups excluding carboxylic acids is 1. The van der Waals surface area contributed by atoms with Crippen molar-refractivity contribution in [2.75, 3.05) is 13.1 Å². The van der Waals surface area contributed by atoms with Crippen LogP contribution in [0.2, 0.25) is 0 Å². The van der Waals surface area contributed by atoms with E-state index in [1.54, 1.807) is 4.90 Å². The number of fused-ring (bicyclic) bond motifs is 1. The van der Waals surface area contributed by atoms with E-state index in [9.17, 15) is 9.59 Å². The zero-order chi connectivity index (χ0) is 11.5. The summed E-state index contributed by atoms with van der Waals surface area (Å²) in [6, 6.07) is -0.574. The molecule has 2 N–H and O–H groups in total. The number of nitrogens with one attached hydrogen (secondary N) is 1. The Morgan fingerprint density at radius 1 is 1.44 bits per heavy atom. The van der Waals surface area contributed by atoms with E-state index in [0.29, 0.717) is 13.0 Å². The van der Waals surface area contributed by atoms with Gasteiger partial charge in [-0.1, -0.05) is 12.2 Å². The van der Waals surface area contributed by atoms with Crippen molar-refractivity contribution in [1.29, 1.82) is 0 Å². The third-order valence-corrected chi connectivity index (χ3v) is 3.19. The lowest BCUT2D eigenvalue weighted by atomic mass is 10.1. The Kier molecular flexibility index (Phi) is 3.24. The molecular formula is C11H16N2O3. The van der Waals surface area contributed by atoms with Crippen molar-refractivity contribution in [3.05, 3.63) is 12.2 Å². The molecule has 0 aliphatic carbocycles. The molecule has 5 nitrogen and oxygen atoms in total. The number of nitrogens with zero attached hydrogens (tertiary/aromatic N) is 1. The van der Waals surface area contributed by atoms with Crippen LogP contribution in [-0.4, -0.2) is 47.1 Å². The van der Waals surface area contributed by atoms with Gasteiger partial charge in [0, 0.05) is 12.6 Å². The van der Waals surface area contributed by atoms with Crippen molar-refractivity contribution >= 4 is 11.9 Å². The summed E-state index contributed by atoms with van der Waals surface area (Å²) in [6.07, 6.45) is 6.13. The first-order chi connectivity index (χ1) is 7.70. The summed E-state index contributed by atoms with van der Waals surface area (Å²) in [5.41, 5.74) is 0. The van der Waals surface area contributed by atoms with Crippen LogP contribution in [0.4, 0.5) is 0 Å². The second-order valence-electron chi connectivity index (χ2n) is 4.22. The Morgan fingerprint density at radius 3 is 3.00 bits per heavy atom. The van der Waals surface area contributed by atoms with E-state index >= 15 is 0 Å². The fraction of sp³-hybridized carbons (Fsp3) is 0.636. The zero-order valence-corrected chi connectivity index (χ0v) is 9.06. The molecular weight excluding hydrogens is 208 g/mol. The van der Waals surface area contributed by atoms with Gasteiger partial charge in [-0.15, -0.1) is 0 Å². The third-order valence-electron chi connectivity index (χ3n) is 3.19. The van der Waals surface area contributed by atoms with Crippen LogP contribution in [0.25, 0.3) is 0 Å². The van der Waals surface area contributed by atoms with Crippen molar-refractivity contribution < 1.29 is 14.7 Å². The van der Waals surface area contributed by atoms with Gasteiger partial charge in [0.2, 0.25) is 5.91 Å². The van der Waals surface area contributed by atoms with Gasteiger partial charge in [0.05, 0.1) is 6.54 Å². The molecule has 1 saturated heterocycles. The van der Waals surface area contributed by atoms with Crippen LogP contribution in [0.5, 0.6) is 0 Å². The number of aliphatic carboxylic acids is 1. The fourth-order valence-electron chi connectivity index (χ4n) is 2.42. The highest BCUT2D eigenvalue weighted by molar-refractivity contribution is 5.85. The van der Waals surface area contributed by atoms with Crippen LogP contribution in [0.1, 0.15) is 19.3 Å².